The number of hydrogen-bond donors (Lipinski definition) is 2. The highest BCUT2D eigenvalue weighted by Crippen LogP contribution is 2.38. The number of aryl methyl sites for hydroxylation is 1. The fourth-order valence-corrected chi connectivity index (χ4v) is 3.65. The lowest BCUT2D eigenvalue weighted by Gasteiger charge is -2.22. The standard InChI is InChI=1S/C21H23ClN4O2.CH3NO/c1-14-11-23-20(22)10-19(14)25-18-5-3-4-17(21(18)27-2)15-12-24-26(13-15)16-6-8-28-9-7-16;2-1-3/h3-5,10-13,16H,6-9H2,1-2H3,(H,23,25);1H,(H2,2,3). The van der Waals surface area contributed by atoms with Crippen molar-refractivity contribution in [1.29, 1.82) is 0 Å². The Morgan fingerprint density at radius 1 is 1.29 bits per heavy atom. The summed E-state index contributed by atoms with van der Waals surface area (Å²) in [7, 11) is 1.68. The van der Waals surface area contributed by atoms with Crippen molar-refractivity contribution >= 4 is 29.4 Å². The highest BCUT2D eigenvalue weighted by molar-refractivity contribution is 6.29. The fourth-order valence-electron chi connectivity index (χ4n) is 3.49. The first kappa shape index (κ1) is 22.6. The van der Waals surface area contributed by atoms with Crippen LogP contribution >= 0.6 is 11.6 Å². The van der Waals surface area contributed by atoms with Crippen LogP contribution in [0.3, 0.4) is 0 Å². The largest absolute Gasteiger partial charge is 0.494 e. The van der Waals surface area contributed by atoms with Crippen molar-refractivity contribution in [3.05, 3.63) is 53.6 Å². The molecule has 2 aromatic heterocycles. The molecule has 3 N–H and O–H groups in total. The molecule has 31 heavy (non-hydrogen) atoms. The molecule has 0 saturated carbocycles. The molecule has 0 unspecified atom stereocenters. The number of anilines is 2. The number of nitrogens with zero attached hydrogens (tertiary/aromatic N) is 3. The van der Waals surface area contributed by atoms with Crippen LogP contribution in [0.4, 0.5) is 11.4 Å². The van der Waals surface area contributed by atoms with Crippen molar-refractivity contribution in [2.45, 2.75) is 25.8 Å². The van der Waals surface area contributed by atoms with Crippen molar-refractivity contribution in [1.82, 2.24) is 14.8 Å². The summed E-state index contributed by atoms with van der Waals surface area (Å²) in [6.07, 6.45) is 7.96. The van der Waals surface area contributed by atoms with Crippen molar-refractivity contribution in [2.75, 3.05) is 25.6 Å². The van der Waals surface area contributed by atoms with Crippen molar-refractivity contribution < 1.29 is 14.3 Å². The average Bonchev–Trinajstić information content (AvgIpc) is 3.27. The van der Waals surface area contributed by atoms with E-state index < -0.39 is 0 Å². The van der Waals surface area contributed by atoms with E-state index >= 15 is 0 Å². The number of para-hydroxylation sites is 1. The Hall–Kier alpha value is -3.10. The number of methoxy groups -OCH3 is 1. The monoisotopic (exact) mass is 443 g/mol. The number of ether oxygens (including phenoxy) is 2. The van der Waals surface area contributed by atoms with Crippen molar-refractivity contribution in [2.24, 2.45) is 5.73 Å². The van der Waals surface area contributed by atoms with Gasteiger partial charge in [-0.1, -0.05) is 23.7 Å². The van der Waals surface area contributed by atoms with Crippen LogP contribution in [0.1, 0.15) is 24.4 Å². The maximum atomic E-state index is 8.58. The summed E-state index contributed by atoms with van der Waals surface area (Å²) < 4.78 is 13.3. The molecule has 0 aliphatic carbocycles. The first-order valence-electron chi connectivity index (χ1n) is 9.91. The fraction of sp³-hybridized carbons (Fsp3) is 0.318. The Bertz CT molecular complexity index is 1020. The predicted molar refractivity (Wildman–Crippen MR) is 121 cm³/mol. The van der Waals surface area contributed by atoms with E-state index in [4.69, 9.17) is 25.9 Å². The number of pyridine rings is 1. The van der Waals surface area contributed by atoms with Crippen LogP contribution < -0.4 is 15.8 Å². The zero-order valence-electron chi connectivity index (χ0n) is 17.5. The SMILES string of the molecule is COc1c(Nc2cc(Cl)ncc2C)cccc1-c1cnn(C2CCOCC2)c1.NC=O. The molecule has 0 spiro atoms. The van der Waals surface area contributed by atoms with Gasteiger partial charge in [-0.15, -0.1) is 0 Å². The van der Waals surface area contributed by atoms with Gasteiger partial charge in [-0.2, -0.15) is 5.10 Å². The van der Waals surface area contributed by atoms with E-state index in [9.17, 15) is 0 Å². The first-order chi connectivity index (χ1) is 15.1. The smallest absolute Gasteiger partial charge is 0.204 e. The number of halogens is 1. The van der Waals surface area contributed by atoms with Crippen LogP contribution in [0.5, 0.6) is 5.75 Å². The van der Waals surface area contributed by atoms with Crippen LogP contribution in [0.15, 0.2) is 42.9 Å². The number of benzene rings is 1. The average molecular weight is 444 g/mol. The van der Waals surface area contributed by atoms with E-state index in [1.165, 1.54) is 0 Å². The maximum absolute atomic E-state index is 8.58. The van der Waals surface area contributed by atoms with Gasteiger partial charge in [0.1, 0.15) is 10.9 Å². The molecule has 4 rings (SSSR count). The summed E-state index contributed by atoms with van der Waals surface area (Å²) in [6.45, 7) is 3.56. The number of carbonyl (C=O) groups excluding carboxylic acids is 1. The van der Waals surface area contributed by atoms with Gasteiger partial charge in [0.05, 0.1) is 25.0 Å². The minimum atomic E-state index is 0.250. The van der Waals surface area contributed by atoms with Crippen LogP contribution in [0.2, 0.25) is 5.15 Å². The second-order valence-electron chi connectivity index (χ2n) is 7.02. The van der Waals surface area contributed by atoms with Crippen LogP contribution in [0.25, 0.3) is 11.1 Å². The van der Waals surface area contributed by atoms with E-state index in [1.807, 2.05) is 42.1 Å². The molecule has 1 saturated heterocycles. The van der Waals surface area contributed by atoms with Gasteiger partial charge in [0.25, 0.3) is 0 Å². The van der Waals surface area contributed by atoms with Gasteiger partial charge in [-0.05, 0) is 37.5 Å². The number of primary amides is 1. The van der Waals surface area contributed by atoms with Gasteiger partial charge in [-0.25, -0.2) is 4.98 Å². The zero-order valence-corrected chi connectivity index (χ0v) is 18.3. The number of aromatic nitrogens is 3. The highest BCUT2D eigenvalue weighted by atomic mass is 35.5. The van der Waals surface area contributed by atoms with Gasteiger partial charge >= 0.3 is 0 Å². The Morgan fingerprint density at radius 2 is 2.03 bits per heavy atom. The second kappa shape index (κ2) is 10.8. The summed E-state index contributed by atoms with van der Waals surface area (Å²) in [5.41, 5.74) is 8.95. The van der Waals surface area contributed by atoms with Crippen LogP contribution in [0, 0.1) is 6.92 Å². The number of rotatable bonds is 5. The predicted octanol–water partition coefficient (Wildman–Crippen LogP) is 4.11. The Balaban J connectivity index is 0.000000858. The van der Waals surface area contributed by atoms with E-state index in [0.717, 1.165) is 59.9 Å². The van der Waals surface area contributed by atoms with Gasteiger partial charge in [0.2, 0.25) is 6.41 Å². The molecule has 1 amide bonds. The van der Waals surface area contributed by atoms with Gasteiger partial charge in [-0.3, -0.25) is 9.48 Å². The summed E-state index contributed by atoms with van der Waals surface area (Å²) in [5.74, 6) is 0.765. The quantitative estimate of drug-likeness (QED) is 0.454. The summed E-state index contributed by atoms with van der Waals surface area (Å²) in [5, 5.41) is 8.46. The van der Waals surface area contributed by atoms with Gasteiger partial charge in [0.15, 0.2) is 0 Å². The van der Waals surface area contributed by atoms with E-state index in [2.05, 4.69) is 27.3 Å². The molecule has 3 heterocycles. The number of carbonyl (C=O) groups is 1. The summed E-state index contributed by atoms with van der Waals surface area (Å²) in [6, 6.07) is 8.23. The first-order valence-corrected chi connectivity index (χ1v) is 10.3. The van der Waals surface area contributed by atoms with E-state index in [1.54, 1.807) is 13.3 Å². The third kappa shape index (κ3) is 5.53. The lowest BCUT2D eigenvalue weighted by Crippen LogP contribution is -2.19. The molecular formula is C22H26ClN5O3. The summed E-state index contributed by atoms with van der Waals surface area (Å²) in [4.78, 5) is 12.7. The van der Waals surface area contributed by atoms with Crippen molar-refractivity contribution in [3.8, 4) is 16.9 Å². The normalized spacial score (nSPS) is 13.8. The molecule has 164 valence electrons. The van der Waals surface area contributed by atoms with E-state index in [-0.39, 0.29) is 6.41 Å². The Labute approximate surface area is 186 Å². The molecule has 1 aliphatic heterocycles. The van der Waals surface area contributed by atoms with Crippen LogP contribution in [-0.4, -0.2) is 41.5 Å². The molecule has 9 heteroatoms. The number of nitrogens with one attached hydrogen (secondary N) is 1. The third-order valence-corrected chi connectivity index (χ3v) is 5.24. The molecule has 1 fully saturated rings. The lowest BCUT2D eigenvalue weighted by atomic mass is 10.1. The molecule has 1 aromatic carbocycles. The van der Waals surface area contributed by atoms with Gasteiger partial charge in [0, 0.05) is 42.4 Å². The lowest BCUT2D eigenvalue weighted by molar-refractivity contribution is -0.106. The second-order valence-corrected chi connectivity index (χ2v) is 7.41. The molecule has 8 nitrogen and oxygen atoms in total. The summed E-state index contributed by atoms with van der Waals surface area (Å²) >= 11 is 6.06. The maximum Gasteiger partial charge on any atom is 0.204 e. The van der Waals surface area contributed by atoms with Crippen LogP contribution in [-0.2, 0) is 9.53 Å². The molecule has 1 aliphatic rings. The number of amides is 1. The minimum absolute atomic E-state index is 0.250. The molecule has 3 aromatic rings. The Morgan fingerprint density at radius 3 is 2.74 bits per heavy atom. The third-order valence-electron chi connectivity index (χ3n) is 5.04. The zero-order chi connectivity index (χ0) is 22.2. The molecular weight excluding hydrogens is 418 g/mol. The molecule has 0 bridgehead atoms. The van der Waals surface area contributed by atoms with E-state index in [0.29, 0.717) is 11.2 Å². The molecule has 0 radical (unpaired) electrons. The topological polar surface area (TPSA) is 104 Å². The minimum Gasteiger partial charge on any atom is -0.494 e. The number of hydrogen-bond acceptors (Lipinski definition) is 6. The Kier molecular flexibility index (Phi) is 7.86. The van der Waals surface area contributed by atoms with Gasteiger partial charge < -0.3 is 20.5 Å². The highest BCUT2D eigenvalue weighted by Gasteiger charge is 2.19. The molecule has 0 atom stereocenters. The van der Waals surface area contributed by atoms with Crippen molar-refractivity contribution in [3.63, 3.8) is 0 Å². The number of nitrogens with two attached hydrogens (primary N) is 1.